The SMILES string of the molecule is CCC(=O)N(CC(=O)Nc1nc(-c2ccccc2)cn1-c1cccc(C)c1)Cc1ccco1. The van der Waals surface area contributed by atoms with Crippen molar-refractivity contribution in [3.63, 3.8) is 0 Å². The fourth-order valence-corrected chi connectivity index (χ4v) is 3.58. The van der Waals surface area contributed by atoms with Crippen molar-refractivity contribution in [2.45, 2.75) is 26.8 Å². The van der Waals surface area contributed by atoms with Crippen LogP contribution in [-0.2, 0) is 16.1 Å². The van der Waals surface area contributed by atoms with Gasteiger partial charge in [0, 0.05) is 23.9 Å². The monoisotopic (exact) mass is 442 g/mol. The smallest absolute Gasteiger partial charge is 0.246 e. The molecule has 33 heavy (non-hydrogen) atoms. The molecule has 0 unspecified atom stereocenters. The topological polar surface area (TPSA) is 80.4 Å². The lowest BCUT2D eigenvalue weighted by atomic mass is 10.2. The normalized spacial score (nSPS) is 10.7. The summed E-state index contributed by atoms with van der Waals surface area (Å²) < 4.78 is 7.21. The van der Waals surface area contributed by atoms with Crippen LogP contribution in [0, 0.1) is 6.92 Å². The predicted molar refractivity (Wildman–Crippen MR) is 127 cm³/mol. The first-order valence-electron chi connectivity index (χ1n) is 10.9. The second-order valence-electron chi connectivity index (χ2n) is 7.76. The lowest BCUT2D eigenvalue weighted by Crippen LogP contribution is -2.37. The molecule has 2 amide bonds. The molecule has 168 valence electrons. The van der Waals surface area contributed by atoms with Gasteiger partial charge in [0.2, 0.25) is 17.8 Å². The molecule has 4 rings (SSSR count). The van der Waals surface area contributed by atoms with Gasteiger partial charge < -0.3 is 9.32 Å². The van der Waals surface area contributed by atoms with Gasteiger partial charge in [0.1, 0.15) is 12.3 Å². The molecule has 2 aromatic heterocycles. The van der Waals surface area contributed by atoms with Gasteiger partial charge in [-0.1, -0.05) is 49.4 Å². The molecule has 0 fully saturated rings. The van der Waals surface area contributed by atoms with Crippen LogP contribution in [0.15, 0.2) is 83.6 Å². The summed E-state index contributed by atoms with van der Waals surface area (Å²) in [4.78, 5) is 31.6. The van der Waals surface area contributed by atoms with E-state index in [1.807, 2.05) is 72.3 Å². The van der Waals surface area contributed by atoms with Crippen molar-refractivity contribution < 1.29 is 14.0 Å². The number of imidazole rings is 1. The lowest BCUT2D eigenvalue weighted by Gasteiger charge is -2.20. The van der Waals surface area contributed by atoms with Crippen molar-refractivity contribution >= 4 is 17.8 Å². The highest BCUT2D eigenvalue weighted by Crippen LogP contribution is 2.24. The average molecular weight is 443 g/mol. The summed E-state index contributed by atoms with van der Waals surface area (Å²) in [5.74, 6) is 0.555. The molecular weight excluding hydrogens is 416 g/mol. The number of rotatable bonds is 8. The third-order valence-corrected chi connectivity index (χ3v) is 5.22. The van der Waals surface area contributed by atoms with Crippen LogP contribution >= 0.6 is 0 Å². The molecule has 7 heteroatoms. The van der Waals surface area contributed by atoms with E-state index in [1.54, 1.807) is 25.3 Å². The number of nitrogens with zero attached hydrogens (tertiary/aromatic N) is 3. The van der Waals surface area contributed by atoms with Crippen LogP contribution < -0.4 is 5.32 Å². The molecule has 0 spiro atoms. The Morgan fingerprint density at radius 1 is 1.06 bits per heavy atom. The Morgan fingerprint density at radius 2 is 1.88 bits per heavy atom. The zero-order chi connectivity index (χ0) is 23.2. The number of anilines is 1. The number of nitrogens with one attached hydrogen (secondary N) is 1. The van der Waals surface area contributed by atoms with E-state index in [2.05, 4.69) is 10.3 Å². The van der Waals surface area contributed by atoms with Gasteiger partial charge in [-0.3, -0.25) is 19.5 Å². The van der Waals surface area contributed by atoms with Gasteiger partial charge in [-0.25, -0.2) is 4.98 Å². The number of carbonyl (C=O) groups is 2. The number of hydrogen-bond donors (Lipinski definition) is 1. The van der Waals surface area contributed by atoms with Crippen molar-refractivity contribution in [3.8, 4) is 16.9 Å². The molecule has 0 atom stereocenters. The quantitative estimate of drug-likeness (QED) is 0.424. The third-order valence-electron chi connectivity index (χ3n) is 5.22. The number of furan rings is 1. The third kappa shape index (κ3) is 5.38. The van der Waals surface area contributed by atoms with Crippen molar-refractivity contribution in [2.75, 3.05) is 11.9 Å². The molecule has 0 aliphatic heterocycles. The highest BCUT2D eigenvalue weighted by atomic mass is 16.3. The van der Waals surface area contributed by atoms with Gasteiger partial charge in [0.25, 0.3) is 0 Å². The minimum Gasteiger partial charge on any atom is -0.467 e. The van der Waals surface area contributed by atoms with Crippen LogP contribution in [0.4, 0.5) is 5.95 Å². The molecule has 0 aliphatic carbocycles. The number of hydrogen-bond acceptors (Lipinski definition) is 4. The van der Waals surface area contributed by atoms with Crippen molar-refractivity contribution in [1.82, 2.24) is 14.5 Å². The summed E-state index contributed by atoms with van der Waals surface area (Å²) >= 11 is 0. The number of benzene rings is 2. The van der Waals surface area contributed by atoms with Crippen LogP contribution in [0.1, 0.15) is 24.7 Å². The van der Waals surface area contributed by atoms with E-state index in [-0.39, 0.29) is 24.9 Å². The molecule has 0 radical (unpaired) electrons. The number of carbonyl (C=O) groups excluding carboxylic acids is 2. The number of aromatic nitrogens is 2. The maximum absolute atomic E-state index is 13.0. The van der Waals surface area contributed by atoms with Gasteiger partial charge in [0.05, 0.1) is 18.5 Å². The second-order valence-corrected chi connectivity index (χ2v) is 7.76. The molecule has 0 saturated carbocycles. The van der Waals surface area contributed by atoms with Gasteiger partial charge >= 0.3 is 0 Å². The summed E-state index contributed by atoms with van der Waals surface area (Å²) in [7, 11) is 0. The zero-order valence-corrected chi connectivity index (χ0v) is 18.7. The summed E-state index contributed by atoms with van der Waals surface area (Å²) in [6.07, 6.45) is 3.75. The first-order chi connectivity index (χ1) is 16.0. The Bertz CT molecular complexity index is 1230. The fourth-order valence-electron chi connectivity index (χ4n) is 3.58. The molecule has 0 bridgehead atoms. The Morgan fingerprint density at radius 3 is 2.58 bits per heavy atom. The summed E-state index contributed by atoms with van der Waals surface area (Å²) in [5.41, 5.74) is 3.67. The van der Waals surface area contributed by atoms with Crippen LogP contribution in [0.25, 0.3) is 16.9 Å². The predicted octanol–water partition coefficient (Wildman–Crippen LogP) is 4.82. The van der Waals surface area contributed by atoms with Gasteiger partial charge in [-0.2, -0.15) is 0 Å². The molecular formula is C26H26N4O3. The van der Waals surface area contributed by atoms with E-state index in [0.717, 1.165) is 22.5 Å². The second kappa shape index (κ2) is 9.99. The van der Waals surface area contributed by atoms with Crippen molar-refractivity contribution in [1.29, 1.82) is 0 Å². The van der Waals surface area contributed by atoms with Crippen molar-refractivity contribution in [3.05, 3.63) is 90.5 Å². The standard InChI is InChI=1S/C26H26N4O3/c1-3-25(32)29(16-22-13-8-14-33-22)18-24(31)28-26-27-23(20-10-5-4-6-11-20)17-30(26)21-12-7-9-19(2)15-21/h4-15,17H,3,16,18H2,1-2H3,(H,27,28,31). The molecule has 0 aliphatic rings. The van der Waals surface area contributed by atoms with Crippen molar-refractivity contribution in [2.24, 2.45) is 0 Å². The van der Waals surface area contributed by atoms with Crippen LogP contribution in [0.3, 0.4) is 0 Å². The van der Waals surface area contributed by atoms with E-state index in [0.29, 0.717) is 18.1 Å². The lowest BCUT2D eigenvalue weighted by molar-refractivity contribution is -0.135. The summed E-state index contributed by atoms with van der Waals surface area (Å²) in [6, 6.07) is 21.3. The maximum Gasteiger partial charge on any atom is 0.246 e. The average Bonchev–Trinajstić information content (AvgIpc) is 3.49. The Balaban J connectivity index is 1.61. The van der Waals surface area contributed by atoms with Crippen LogP contribution in [-0.4, -0.2) is 32.8 Å². The Hall–Kier alpha value is -4.13. The highest BCUT2D eigenvalue weighted by Gasteiger charge is 2.20. The Labute approximate surface area is 192 Å². The molecule has 7 nitrogen and oxygen atoms in total. The van der Waals surface area contributed by atoms with Gasteiger partial charge in [-0.15, -0.1) is 0 Å². The Kier molecular flexibility index (Phi) is 6.69. The number of aryl methyl sites for hydroxylation is 1. The van der Waals surface area contributed by atoms with Gasteiger partial charge in [-0.05, 0) is 36.8 Å². The van der Waals surface area contributed by atoms with Crippen LogP contribution in [0.5, 0.6) is 0 Å². The fraction of sp³-hybridized carbons (Fsp3) is 0.192. The molecule has 0 saturated heterocycles. The molecule has 4 aromatic rings. The molecule has 2 aromatic carbocycles. The van der Waals surface area contributed by atoms with E-state index in [1.165, 1.54) is 4.90 Å². The zero-order valence-electron chi connectivity index (χ0n) is 18.7. The minimum absolute atomic E-state index is 0.102. The summed E-state index contributed by atoms with van der Waals surface area (Å²) in [6.45, 7) is 3.91. The van der Waals surface area contributed by atoms with E-state index in [4.69, 9.17) is 4.42 Å². The molecule has 2 heterocycles. The largest absolute Gasteiger partial charge is 0.467 e. The minimum atomic E-state index is -0.331. The van der Waals surface area contributed by atoms with Crippen LogP contribution in [0.2, 0.25) is 0 Å². The summed E-state index contributed by atoms with van der Waals surface area (Å²) in [5, 5.41) is 2.90. The molecule has 1 N–H and O–H groups in total. The van der Waals surface area contributed by atoms with E-state index < -0.39 is 0 Å². The maximum atomic E-state index is 13.0. The van der Waals surface area contributed by atoms with Gasteiger partial charge in [0.15, 0.2) is 0 Å². The number of amides is 2. The van der Waals surface area contributed by atoms with E-state index >= 15 is 0 Å². The van der Waals surface area contributed by atoms with E-state index in [9.17, 15) is 9.59 Å². The first kappa shape index (κ1) is 22.1. The highest BCUT2D eigenvalue weighted by molar-refractivity contribution is 5.93. The first-order valence-corrected chi connectivity index (χ1v) is 10.9.